The molecule has 20 heavy (non-hydrogen) atoms. The second-order valence-electron chi connectivity index (χ2n) is 4.16. The lowest BCUT2D eigenvalue weighted by Crippen LogP contribution is -2.14. The minimum atomic E-state index is -0.592. The van der Waals surface area contributed by atoms with Crippen molar-refractivity contribution in [3.8, 4) is 0 Å². The van der Waals surface area contributed by atoms with Crippen LogP contribution in [0.1, 0.15) is 11.1 Å². The van der Waals surface area contributed by atoms with E-state index in [1.54, 1.807) is 18.2 Å². The summed E-state index contributed by atoms with van der Waals surface area (Å²) in [7, 11) is 0. The van der Waals surface area contributed by atoms with Crippen LogP contribution in [0.15, 0.2) is 48.5 Å². The number of anilines is 1. The van der Waals surface area contributed by atoms with Crippen molar-refractivity contribution in [3.63, 3.8) is 0 Å². The first-order valence-corrected chi connectivity index (χ1v) is 6.44. The van der Waals surface area contributed by atoms with Gasteiger partial charge in [-0.05, 0) is 23.3 Å². The third kappa shape index (κ3) is 3.98. The molecule has 2 N–H and O–H groups in total. The molecule has 2 aromatic rings. The number of nitrogens with one attached hydrogen (secondary N) is 1. The SMILES string of the molecule is O=C(Nc1cc(CO)ccc1Cl)OCc1ccccc1. The summed E-state index contributed by atoms with van der Waals surface area (Å²) >= 11 is 5.96. The van der Waals surface area contributed by atoms with Gasteiger partial charge in [-0.25, -0.2) is 4.79 Å². The van der Waals surface area contributed by atoms with E-state index in [9.17, 15) is 4.79 Å². The summed E-state index contributed by atoms with van der Waals surface area (Å²) in [4.78, 5) is 11.7. The number of aliphatic hydroxyl groups excluding tert-OH is 1. The summed E-state index contributed by atoms with van der Waals surface area (Å²) in [5.41, 5.74) is 1.97. The maximum absolute atomic E-state index is 11.7. The lowest BCUT2D eigenvalue weighted by Gasteiger charge is -2.09. The van der Waals surface area contributed by atoms with E-state index in [1.165, 1.54) is 0 Å². The third-order valence-corrected chi connectivity index (χ3v) is 2.99. The molecule has 0 spiro atoms. The van der Waals surface area contributed by atoms with E-state index in [2.05, 4.69) is 5.32 Å². The molecule has 0 saturated carbocycles. The number of hydrogen-bond donors (Lipinski definition) is 2. The van der Waals surface area contributed by atoms with E-state index >= 15 is 0 Å². The van der Waals surface area contributed by atoms with Crippen molar-refractivity contribution in [1.82, 2.24) is 0 Å². The maximum atomic E-state index is 11.7. The molecule has 0 bridgehead atoms. The Morgan fingerprint density at radius 1 is 1.15 bits per heavy atom. The number of hydrogen-bond acceptors (Lipinski definition) is 3. The predicted octanol–water partition coefficient (Wildman–Crippen LogP) is 3.58. The number of halogens is 1. The van der Waals surface area contributed by atoms with Crippen molar-refractivity contribution in [2.24, 2.45) is 0 Å². The molecule has 2 aromatic carbocycles. The van der Waals surface area contributed by atoms with E-state index < -0.39 is 6.09 Å². The van der Waals surface area contributed by atoms with Crippen LogP contribution in [0.5, 0.6) is 0 Å². The largest absolute Gasteiger partial charge is 0.444 e. The quantitative estimate of drug-likeness (QED) is 0.905. The van der Waals surface area contributed by atoms with Gasteiger partial charge in [0.25, 0.3) is 0 Å². The molecule has 0 saturated heterocycles. The van der Waals surface area contributed by atoms with Crippen LogP contribution in [0.2, 0.25) is 5.02 Å². The lowest BCUT2D eigenvalue weighted by molar-refractivity contribution is 0.155. The van der Waals surface area contributed by atoms with Crippen molar-refractivity contribution < 1.29 is 14.6 Å². The van der Waals surface area contributed by atoms with Crippen molar-refractivity contribution in [1.29, 1.82) is 0 Å². The maximum Gasteiger partial charge on any atom is 0.412 e. The molecule has 0 radical (unpaired) electrons. The van der Waals surface area contributed by atoms with Crippen molar-refractivity contribution in [3.05, 3.63) is 64.7 Å². The second-order valence-corrected chi connectivity index (χ2v) is 4.57. The zero-order valence-corrected chi connectivity index (χ0v) is 11.4. The van der Waals surface area contributed by atoms with Gasteiger partial charge in [-0.2, -0.15) is 0 Å². The number of aliphatic hydroxyl groups is 1. The van der Waals surface area contributed by atoms with Crippen LogP contribution in [-0.4, -0.2) is 11.2 Å². The fourth-order valence-corrected chi connectivity index (χ4v) is 1.80. The van der Waals surface area contributed by atoms with Gasteiger partial charge in [-0.1, -0.05) is 48.0 Å². The highest BCUT2D eigenvalue weighted by Crippen LogP contribution is 2.23. The Labute approximate surface area is 122 Å². The molecule has 0 unspecified atom stereocenters. The summed E-state index contributed by atoms with van der Waals surface area (Å²) in [6, 6.07) is 14.3. The summed E-state index contributed by atoms with van der Waals surface area (Å²) in [5.74, 6) is 0. The molecule has 0 fully saturated rings. The molecule has 0 aliphatic rings. The Morgan fingerprint density at radius 2 is 1.90 bits per heavy atom. The molecule has 0 atom stereocenters. The Bertz CT molecular complexity index is 587. The third-order valence-electron chi connectivity index (χ3n) is 2.66. The average Bonchev–Trinajstić information content (AvgIpc) is 2.48. The Hall–Kier alpha value is -2.04. The van der Waals surface area contributed by atoms with Gasteiger partial charge >= 0.3 is 6.09 Å². The number of benzene rings is 2. The van der Waals surface area contributed by atoms with E-state index in [-0.39, 0.29) is 13.2 Å². The van der Waals surface area contributed by atoms with Gasteiger partial charge in [-0.15, -0.1) is 0 Å². The van der Waals surface area contributed by atoms with E-state index in [0.29, 0.717) is 16.3 Å². The standard InChI is InChI=1S/C15H14ClNO3/c16-13-7-6-12(9-18)8-14(13)17-15(19)20-10-11-4-2-1-3-5-11/h1-8,18H,9-10H2,(H,17,19). The van der Waals surface area contributed by atoms with Gasteiger partial charge in [0.1, 0.15) is 6.61 Å². The zero-order valence-electron chi connectivity index (χ0n) is 10.7. The van der Waals surface area contributed by atoms with Crippen molar-refractivity contribution in [2.45, 2.75) is 13.2 Å². The fraction of sp³-hybridized carbons (Fsp3) is 0.133. The predicted molar refractivity (Wildman–Crippen MR) is 77.6 cm³/mol. The highest BCUT2D eigenvalue weighted by molar-refractivity contribution is 6.33. The molecular weight excluding hydrogens is 278 g/mol. The van der Waals surface area contributed by atoms with Crippen LogP contribution >= 0.6 is 11.6 Å². The topological polar surface area (TPSA) is 58.6 Å². The van der Waals surface area contributed by atoms with E-state index in [4.69, 9.17) is 21.4 Å². The van der Waals surface area contributed by atoms with Crippen molar-refractivity contribution >= 4 is 23.4 Å². The van der Waals surface area contributed by atoms with Crippen LogP contribution in [0.25, 0.3) is 0 Å². The first kappa shape index (κ1) is 14.4. The second kappa shape index (κ2) is 6.93. The highest BCUT2D eigenvalue weighted by Gasteiger charge is 2.08. The molecular formula is C15H14ClNO3. The molecule has 1 amide bonds. The van der Waals surface area contributed by atoms with Gasteiger partial charge in [0.05, 0.1) is 17.3 Å². The molecule has 104 valence electrons. The Kier molecular flexibility index (Phi) is 4.98. The summed E-state index contributed by atoms with van der Waals surface area (Å²) in [5, 5.41) is 12.0. The Balaban J connectivity index is 1.94. The molecule has 5 heteroatoms. The lowest BCUT2D eigenvalue weighted by atomic mass is 10.2. The molecule has 0 heterocycles. The number of rotatable bonds is 4. The van der Waals surface area contributed by atoms with Crippen LogP contribution in [0.4, 0.5) is 10.5 Å². The minimum Gasteiger partial charge on any atom is -0.444 e. The normalized spacial score (nSPS) is 10.1. The first-order valence-electron chi connectivity index (χ1n) is 6.06. The van der Waals surface area contributed by atoms with Crippen molar-refractivity contribution in [2.75, 3.05) is 5.32 Å². The van der Waals surface area contributed by atoms with Gasteiger partial charge in [0, 0.05) is 0 Å². The molecule has 0 aliphatic carbocycles. The monoisotopic (exact) mass is 291 g/mol. The van der Waals surface area contributed by atoms with Crippen LogP contribution in [0, 0.1) is 0 Å². The number of ether oxygens (including phenoxy) is 1. The summed E-state index contributed by atoms with van der Waals surface area (Å²) in [6.07, 6.45) is -0.592. The van der Waals surface area contributed by atoms with Crippen LogP contribution < -0.4 is 5.32 Å². The zero-order chi connectivity index (χ0) is 14.4. The van der Waals surface area contributed by atoms with Crippen LogP contribution in [0.3, 0.4) is 0 Å². The number of amides is 1. The van der Waals surface area contributed by atoms with Gasteiger partial charge in [0.15, 0.2) is 0 Å². The Morgan fingerprint density at radius 3 is 2.60 bits per heavy atom. The fourth-order valence-electron chi connectivity index (χ4n) is 1.64. The summed E-state index contributed by atoms with van der Waals surface area (Å²) < 4.78 is 5.09. The first-order chi connectivity index (χ1) is 9.69. The highest BCUT2D eigenvalue weighted by atomic mass is 35.5. The van der Waals surface area contributed by atoms with Gasteiger partial charge < -0.3 is 9.84 Å². The van der Waals surface area contributed by atoms with Gasteiger partial charge in [0.2, 0.25) is 0 Å². The summed E-state index contributed by atoms with van der Waals surface area (Å²) in [6.45, 7) is 0.0644. The molecule has 2 rings (SSSR count). The molecule has 4 nitrogen and oxygen atoms in total. The number of carbonyl (C=O) groups excluding carboxylic acids is 1. The number of carbonyl (C=O) groups is 1. The van der Waals surface area contributed by atoms with Gasteiger partial charge in [-0.3, -0.25) is 5.32 Å². The average molecular weight is 292 g/mol. The van der Waals surface area contributed by atoms with E-state index in [1.807, 2.05) is 30.3 Å². The molecule has 0 aliphatic heterocycles. The molecule has 0 aromatic heterocycles. The van der Waals surface area contributed by atoms with E-state index in [0.717, 1.165) is 5.56 Å². The minimum absolute atomic E-state index is 0.120. The smallest absolute Gasteiger partial charge is 0.412 e. The van der Waals surface area contributed by atoms with Crippen LogP contribution in [-0.2, 0) is 18.0 Å².